The van der Waals surface area contributed by atoms with Gasteiger partial charge in [-0.2, -0.15) is 13.2 Å². The number of aliphatic carboxylic acids is 1. The molecule has 0 spiro atoms. The number of amides is 1. The van der Waals surface area contributed by atoms with Gasteiger partial charge in [0.05, 0.1) is 5.41 Å². The standard InChI is InChI=1S/C11H16F3NO3/c12-11(13,14)8(16)15-7-2-1-4-10(9(17)18)5-3-6-10/h1-7H2,(H,15,16)(H,17,18). The molecule has 0 bridgehead atoms. The highest BCUT2D eigenvalue weighted by atomic mass is 19.4. The fourth-order valence-corrected chi connectivity index (χ4v) is 2.06. The minimum Gasteiger partial charge on any atom is -0.481 e. The van der Waals surface area contributed by atoms with Crippen LogP contribution in [-0.2, 0) is 9.59 Å². The maximum Gasteiger partial charge on any atom is 0.471 e. The molecule has 1 rings (SSSR count). The molecule has 1 fully saturated rings. The summed E-state index contributed by atoms with van der Waals surface area (Å²) in [5.74, 6) is -2.77. The van der Waals surface area contributed by atoms with E-state index in [4.69, 9.17) is 5.11 Å². The van der Waals surface area contributed by atoms with Crippen molar-refractivity contribution in [1.29, 1.82) is 0 Å². The second-order valence-corrected chi connectivity index (χ2v) is 4.65. The third-order valence-electron chi connectivity index (χ3n) is 3.39. The predicted octanol–water partition coefficient (Wildman–Crippen LogP) is 2.09. The van der Waals surface area contributed by atoms with Crippen molar-refractivity contribution in [3.05, 3.63) is 0 Å². The largest absolute Gasteiger partial charge is 0.481 e. The van der Waals surface area contributed by atoms with E-state index in [9.17, 15) is 22.8 Å². The number of carbonyl (C=O) groups is 2. The maximum absolute atomic E-state index is 11.8. The van der Waals surface area contributed by atoms with Gasteiger partial charge in [-0.05, 0) is 25.7 Å². The van der Waals surface area contributed by atoms with Crippen LogP contribution in [0.15, 0.2) is 0 Å². The molecule has 0 saturated heterocycles. The lowest BCUT2D eigenvalue weighted by molar-refractivity contribution is -0.173. The second kappa shape index (κ2) is 5.58. The fourth-order valence-electron chi connectivity index (χ4n) is 2.06. The lowest BCUT2D eigenvalue weighted by Crippen LogP contribution is -2.39. The number of carboxylic acids is 1. The van der Waals surface area contributed by atoms with Crippen molar-refractivity contribution in [2.45, 2.75) is 44.7 Å². The first kappa shape index (κ1) is 14.8. The van der Waals surface area contributed by atoms with Crippen LogP contribution in [0.4, 0.5) is 13.2 Å². The van der Waals surface area contributed by atoms with Crippen molar-refractivity contribution >= 4 is 11.9 Å². The number of alkyl halides is 3. The van der Waals surface area contributed by atoms with Gasteiger partial charge in [-0.25, -0.2) is 0 Å². The van der Waals surface area contributed by atoms with Crippen LogP contribution in [-0.4, -0.2) is 29.7 Å². The van der Waals surface area contributed by atoms with E-state index >= 15 is 0 Å². The number of halogens is 3. The van der Waals surface area contributed by atoms with Crippen LogP contribution in [0.2, 0.25) is 0 Å². The Kier molecular flexibility index (Phi) is 4.59. The van der Waals surface area contributed by atoms with Gasteiger partial charge in [0.1, 0.15) is 0 Å². The molecule has 1 aliphatic rings. The third-order valence-corrected chi connectivity index (χ3v) is 3.39. The molecule has 0 unspecified atom stereocenters. The van der Waals surface area contributed by atoms with Gasteiger partial charge in [0.2, 0.25) is 0 Å². The highest BCUT2D eigenvalue weighted by molar-refractivity contribution is 5.81. The van der Waals surface area contributed by atoms with Gasteiger partial charge in [0.15, 0.2) is 0 Å². The van der Waals surface area contributed by atoms with Crippen LogP contribution in [0.25, 0.3) is 0 Å². The van der Waals surface area contributed by atoms with Crippen molar-refractivity contribution in [2.24, 2.45) is 5.41 Å². The summed E-state index contributed by atoms with van der Waals surface area (Å²) >= 11 is 0. The molecular formula is C11H16F3NO3. The summed E-state index contributed by atoms with van der Waals surface area (Å²) in [6.07, 6.45) is -1.37. The zero-order valence-electron chi connectivity index (χ0n) is 9.85. The predicted molar refractivity (Wildman–Crippen MR) is 56.8 cm³/mol. The summed E-state index contributed by atoms with van der Waals surface area (Å²) in [5.41, 5.74) is -0.673. The molecule has 7 heteroatoms. The average Bonchev–Trinajstić information content (AvgIpc) is 2.18. The molecular weight excluding hydrogens is 251 g/mol. The molecule has 0 aliphatic heterocycles. The van der Waals surface area contributed by atoms with Crippen molar-refractivity contribution < 1.29 is 27.9 Å². The zero-order valence-corrected chi connectivity index (χ0v) is 9.85. The summed E-state index contributed by atoms with van der Waals surface area (Å²) in [7, 11) is 0. The molecule has 1 amide bonds. The van der Waals surface area contributed by atoms with Crippen LogP contribution in [0.5, 0.6) is 0 Å². The minimum absolute atomic E-state index is 0.0754. The van der Waals surface area contributed by atoms with Gasteiger partial charge in [0, 0.05) is 6.54 Å². The minimum atomic E-state index is -4.85. The molecule has 0 aromatic carbocycles. The SMILES string of the molecule is O=C(NCCCCC1(C(=O)O)CCC1)C(F)(F)F. The van der Waals surface area contributed by atoms with Crippen LogP contribution in [0, 0.1) is 5.41 Å². The topological polar surface area (TPSA) is 66.4 Å². The number of carboxylic acid groups (broad SMARTS) is 1. The van der Waals surface area contributed by atoms with Gasteiger partial charge >= 0.3 is 18.1 Å². The maximum atomic E-state index is 11.8. The van der Waals surface area contributed by atoms with Gasteiger partial charge in [-0.3, -0.25) is 9.59 Å². The molecule has 0 radical (unpaired) electrons. The zero-order chi connectivity index (χ0) is 13.8. The number of carbonyl (C=O) groups excluding carboxylic acids is 1. The van der Waals surface area contributed by atoms with Gasteiger partial charge in [-0.1, -0.05) is 12.8 Å². The summed E-state index contributed by atoms with van der Waals surface area (Å²) < 4.78 is 35.5. The van der Waals surface area contributed by atoms with Crippen LogP contribution in [0.3, 0.4) is 0 Å². The Bertz CT molecular complexity index is 324. The third kappa shape index (κ3) is 3.61. The van der Waals surface area contributed by atoms with Gasteiger partial charge in [0.25, 0.3) is 0 Å². The number of nitrogens with one attached hydrogen (secondary N) is 1. The van der Waals surface area contributed by atoms with Crippen molar-refractivity contribution in [1.82, 2.24) is 5.32 Å². The number of hydrogen-bond donors (Lipinski definition) is 2. The van der Waals surface area contributed by atoms with Crippen LogP contribution in [0.1, 0.15) is 38.5 Å². The molecule has 0 aromatic rings. The first-order valence-electron chi connectivity index (χ1n) is 5.86. The Hall–Kier alpha value is -1.27. The van der Waals surface area contributed by atoms with Gasteiger partial charge in [-0.15, -0.1) is 0 Å². The number of rotatable bonds is 6. The number of hydrogen-bond acceptors (Lipinski definition) is 2. The molecule has 1 aliphatic carbocycles. The molecule has 18 heavy (non-hydrogen) atoms. The normalized spacial score (nSPS) is 17.9. The van der Waals surface area contributed by atoms with Crippen molar-refractivity contribution in [2.75, 3.05) is 6.54 Å². The fraction of sp³-hybridized carbons (Fsp3) is 0.818. The molecule has 0 aromatic heterocycles. The summed E-state index contributed by atoms with van der Waals surface area (Å²) in [5, 5.41) is 10.8. The summed E-state index contributed by atoms with van der Waals surface area (Å²) in [4.78, 5) is 21.5. The highest BCUT2D eigenvalue weighted by Gasteiger charge is 2.43. The van der Waals surface area contributed by atoms with Crippen LogP contribution < -0.4 is 5.32 Å². The number of unbranched alkanes of at least 4 members (excludes halogenated alkanes) is 1. The van der Waals surface area contributed by atoms with Crippen molar-refractivity contribution in [3.63, 3.8) is 0 Å². The first-order chi connectivity index (χ1) is 8.28. The monoisotopic (exact) mass is 267 g/mol. The highest BCUT2D eigenvalue weighted by Crippen LogP contribution is 2.45. The summed E-state index contributed by atoms with van der Waals surface area (Å²) in [6.45, 7) is -0.0754. The van der Waals surface area contributed by atoms with Crippen LogP contribution >= 0.6 is 0 Å². The van der Waals surface area contributed by atoms with E-state index in [1.165, 1.54) is 0 Å². The average molecular weight is 267 g/mol. The molecule has 4 nitrogen and oxygen atoms in total. The van der Waals surface area contributed by atoms with E-state index in [2.05, 4.69) is 0 Å². The lowest BCUT2D eigenvalue weighted by Gasteiger charge is -2.37. The van der Waals surface area contributed by atoms with E-state index in [1.54, 1.807) is 5.32 Å². The second-order valence-electron chi connectivity index (χ2n) is 4.65. The molecule has 0 atom stereocenters. The van der Waals surface area contributed by atoms with Crippen molar-refractivity contribution in [3.8, 4) is 0 Å². The molecule has 2 N–H and O–H groups in total. The van der Waals surface area contributed by atoms with E-state index in [0.29, 0.717) is 32.1 Å². The Morgan fingerprint density at radius 3 is 2.22 bits per heavy atom. The molecule has 0 heterocycles. The molecule has 1 saturated carbocycles. The Balaban J connectivity index is 2.16. The first-order valence-corrected chi connectivity index (χ1v) is 5.86. The van der Waals surface area contributed by atoms with E-state index in [1.807, 2.05) is 0 Å². The lowest BCUT2D eigenvalue weighted by atomic mass is 9.66. The van der Waals surface area contributed by atoms with E-state index in [0.717, 1.165) is 6.42 Å². The summed E-state index contributed by atoms with van der Waals surface area (Å²) in [6, 6.07) is 0. The van der Waals surface area contributed by atoms with E-state index < -0.39 is 23.5 Å². The van der Waals surface area contributed by atoms with E-state index in [-0.39, 0.29) is 6.54 Å². The Morgan fingerprint density at radius 1 is 1.22 bits per heavy atom. The van der Waals surface area contributed by atoms with Gasteiger partial charge < -0.3 is 10.4 Å². The Morgan fingerprint density at radius 2 is 1.83 bits per heavy atom. The Labute approximate surface area is 103 Å². The quantitative estimate of drug-likeness (QED) is 0.724. The molecule has 104 valence electrons. The smallest absolute Gasteiger partial charge is 0.471 e.